The molecule has 7 aromatic rings. The average molecular weight is 935 g/mol. The van der Waals surface area contributed by atoms with Crippen LogP contribution in [0.25, 0.3) is 20.9 Å². The van der Waals surface area contributed by atoms with Gasteiger partial charge in [-0.15, -0.1) is 11.3 Å². The molecule has 0 amide bonds. The molecule has 0 bridgehead atoms. The van der Waals surface area contributed by atoms with Crippen LogP contribution in [0.15, 0.2) is 196 Å². The number of thiophene rings is 1. The first-order valence-electron chi connectivity index (χ1n) is 21.9. The van der Waals surface area contributed by atoms with Crippen molar-refractivity contribution in [2.75, 3.05) is 9.80 Å². The minimum absolute atomic E-state index is 0.128. The van der Waals surface area contributed by atoms with E-state index in [0.717, 1.165) is 113 Å². The molecule has 10 nitrogen and oxygen atoms in total. The van der Waals surface area contributed by atoms with Crippen molar-refractivity contribution in [2.24, 2.45) is 0 Å². The number of nitrogens with zero attached hydrogens (tertiary/aromatic N) is 2. The second kappa shape index (κ2) is 22.8. The van der Waals surface area contributed by atoms with E-state index in [1.807, 2.05) is 97.1 Å². The monoisotopic (exact) mass is 934 g/mol. The molecule has 69 heavy (non-hydrogen) atoms. The maximum absolute atomic E-state index is 11.7. The maximum atomic E-state index is 11.7. The van der Waals surface area contributed by atoms with E-state index in [-0.39, 0.29) is 26.4 Å². The number of aryl methyl sites for hydroxylation is 2. The highest BCUT2D eigenvalue weighted by Gasteiger charge is 2.19. The second-order valence-corrected chi connectivity index (χ2v) is 16.8. The van der Waals surface area contributed by atoms with Crippen molar-refractivity contribution in [1.82, 2.24) is 0 Å². The molecule has 11 heteroatoms. The van der Waals surface area contributed by atoms with E-state index in [1.54, 1.807) is 11.3 Å². The minimum atomic E-state index is -0.484. The quantitative estimate of drug-likeness (QED) is 0.0416. The number of anilines is 6. The van der Waals surface area contributed by atoms with E-state index in [1.165, 1.54) is 0 Å². The van der Waals surface area contributed by atoms with Gasteiger partial charge in [0.2, 0.25) is 0 Å². The highest BCUT2D eigenvalue weighted by Crippen LogP contribution is 2.43. The van der Waals surface area contributed by atoms with Crippen LogP contribution in [0.5, 0.6) is 0 Å². The lowest BCUT2D eigenvalue weighted by atomic mass is 10.0. The van der Waals surface area contributed by atoms with Crippen LogP contribution in [0.3, 0.4) is 0 Å². The second-order valence-electron chi connectivity index (χ2n) is 15.7. The molecule has 7 rings (SSSR count). The van der Waals surface area contributed by atoms with Gasteiger partial charge in [-0.1, -0.05) is 87.0 Å². The minimum Gasteiger partial charge on any atom is -0.458 e. The summed E-state index contributed by atoms with van der Waals surface area (Å²) in [6.07, 6.45) is 4.58. The van der Waals surface area contributed by atoms with Crippen molar-refractivity contribution in [1.29, 1.82) is 0 Å². The molecule has 0 aliphatic rings. The molecule has 6 aromatic carbocycles. The van der Waals surface area contributed by atoms with E-state index >= 15 is 0 Å². The summed E-state index contributed by atoms with van der Waals surface area (Å²) < 4.78 is 21.0. The zero-order valence-electron chi connectivity index (χ0n) is 38.4. The van der Waals surface area contributed by atoms with Crippen molar-refractivity contribution in [3.05, 3.63) is 230 Å². The number of ether oxygens (including phenoxy) is 4. The normalized spacial score (nSPS) is 10.6. The van der Waals surface area contributed by atoms with Crippen LogP contribution >= 0.6 is 11.3 Å². The molecule has 0 saturated heterocycles. The largest absolute Gasteiger partial charge is 0.458 e. The molecule has 1 heterocycles. The average Bonchev–Trinajstić information content (AvgIpc) is 3.87. The van der Waals surface area contributed by atoms with E-state index < -0.39 is 23.9 Å². The number of carbonyl (C=O) groups excluding carboxylic acids is 4. The Hall–Kier alpha value is -8.54. The standard InChI is InChI=1S/C58H50N2O8S/c1-7-55(61)65-35-41-11-19-45(20-12-41)59(46-21-13-42(14-22-46)36-66-56(62)8-2)49-27-29-51(39(5)33-49)53-31-32-54(69-53)52-30-28-50(34-40(52)6)60(47-23-15-43(16-24-47)37-67-57(63)9-3)48-25-17-44(18-26-48)38-68-58(64)10-4/h7-34H,1-4,35-38H2,5-6H3. The van der Waals surface area contributed by atoms with Crippen LogP contribution in [0.2, 0.25) is 0 Å². The summed E-state index contributed by atoms with van der Waals surface area (Å²) in [4.78, 5) is 53.4. The van der Waals surface area contributed by atoms with Gasteiger partial charge in [-0.25, -0.2) is 19.2 Å². The number of hydrogen-bond acceptors (Lipinski definition) is 11. The first-order chi connectivity index (χ1) is 33.5. The zero-order chi connectivity index (χ0) is 48.9. The Balaban J connectivity index is 1.16. The highest BCUT2D eigenvalue weighted by molar-refractivity contribution is 7.18. The van der Waals surface area contributed by atoms with E-state index in [4.69, 9.17) is 18.9 Å². The summed E-state index contributed by atoms with van der Waals surface area (Å²) >= 11 is 1.73. The number of benzene rings is 6. The Bertz CT molecular complexity index is 2670. The molecular weight excluding hydrogens is 885 g/mol. The van der Waals surface area contributed by atoms with Crippen molar-refractivity contribution < 1.29 is 38.1 Å². The Morgan fingerprint density at radius 3 is 0.870 bits per heavy atom. The van der Waals surface area contributed by atoms with Crippen LogP contribution < -0.4 is 9.80 Å². The molecule has 0 unspecified atom stereocenters. The number of rotatable bonds is 20. The van der Waals surface area contributed by atoms with E-state index in [9.17, 15) is 19.2 Å². The summed E-state index contributed by atoms with van der Waals surface area (Å²) in [6.45, 7) is 18.6. The van der Waals surface area contributed by atoms with Gasteiger partial charge in [0.15, 0.2) is 0 Å². The summed E-state index contributed by atoms with van der Waals surface area (Å²) in [5.41, 5.74) is 13.2. The predicted molar refractivity (Wildman–Crippen MR) is 274 cm³/mol. The van der Waals surface area contributed by atoms with Gasteiger partial charge in [-0.05, 0) is 143 Å². The fraction of sp³-hybridized carbons (Fsp3) is 0.103. The van der Waals surface area contributed by atoms with Gasteiger partial charge >= 0.3 is 23.9 Å². The predicted octanol–water partition coefficient (Wildman–Crippen LogP) is 13.6. The lowest BCUT2D eigenvalue weighted by molar-refractivity contribution is -0.139. The smallest absolute Gasteiger partial charge is 0.330 e. The third-order valence-electron chi connectivity index (χ3n) is 11.0. The molecule has 0 N–H and O–H groups in total. The number of esters is 4. The molecule has 0 aliphatic carbocycles. The molecule has 0 radical (unpaired) electrons. The van der Waals surface area contributed by atoms with Crippen molar-refractivity contribution in [3.8, 4) is 20.9 Å². The van der Waals surface area contributed by atoms with Crippen LogP contribution in [0, 0.1) is 13.8 Å². The summed E-state index contributed by atoms with van der Waals surface area (Å²) in [6, 6.07) is 48.5. The summed E-state index contributed by atoms with van der Waals surface area (Å²) in [5.74, 6) is -1.94. The first-order valence-corrected chi connectivity index (χ1v) is 22.7. The fourth-order valence-electron chi connectivity index (χ4n) is 7.47. The summed E-state index contributed by atoms with van der Waals surface area (Å²) in [5, 5.41) is 0. The Labute approximate surface area is 406 Å². The SMILES string of the molecule is C=CC(=O)OCc1ccc(N(c2ccc(COC(=O)C=C)cc2)c2ccc(-c3ccc(-c4ccc(N(c5ccc(COC(=O)C=C)cc5)c5ccc(COC(=O)C=C)cc5)cc4C)s3)c(C)c2)cc1. The van der Waals surface area contributed by atoms with Gasteiger partial charge in [0.25, 0.3) is 0 Å². The highest BCUT2D eigenvalue weighted by atomic mass is 32.1. The lowest BCUT2D eigenvalue weighted by Gasteiger charge is -2.27. The molecule has 0 spiro atoms. The third-order valence-corrected chi connectivity index (χ3v) is 12.2. The van der Waals surface area contributed by atoms with Gasteiger partial charge in [-0.3, -0.25) is 0 Å². The number of carbonyl (C=O) groups is 4. The zero-order valence-corrected chi connectivity index (χ0v) is 39.2. The Morgan fingerprint density at radius 1 is 0.391 bits per heavy atom. The van der Waals surface area contributed by atoms with E-state index in [0.29, 0.717) is 0 Å². The third kappa shape index (κ3) is 12.3. The molecule has 346 valence electrons. The van der Waals surface area contributed by atoms with Gasteiger partial charge < -0.3 is 28.7 Å². The molecule has 0 fully saturated rings. The summed E-state index contributed by atoms with van der Waals surface area (Å²) in [7, 11) is 0. The molecule has 0 atom stereocenters. The van der Waals surface area contributed by atoms with E-state index in [2.05, 4.69) is 98.5 Å². The van der Waals surface area contributed by atoms with Gasteiger partial charge in [-0.2, -0.15) is 0 Å². The molecular formula is C58H50N2O8S. The molecule has 1 aromatic heterocycles. The fourth-order valence-corrected chi connectivity index (χ4v) is 8.65. The van der Waals surface area contributed by atoms with Crippen LogP contribution in [0.4, 0.5) is 34.1 Å². The molecule has 0 saturated carbocycles. The van der Waals surface area contributed by atoms with Crippen molar-refractivity contribution >= 4 is 69.3 Å². The van der Waals surface area contributed by atoms with Crippen molar-refractivity contribution in [2.45, 2.75) is 40.3 Å². The van der Waals surface area contributed by atoms with Crippen LogP contribution in [-0.2, 0) is 64.6 Å². The van der Waals surface area contributed by atoms with Crippen LogP contribution in [0.1, 0.15) is 33.4 Å². The Kier molecular flexibility index (Phi) is 16.0. The van der Waals surface area contributed by atoms with Crippen molar-refractivity contribution in [3.63, 3.8) is 0 Å². The molecule has 0 aliphatic heterocycles. The van der Waals surface area contributed by atoms with Gasteiger partial charge in [0.05, 0.1) is 0 Å². The van der Waals surface area contributed by atoms with Crippen LogP contribution in [-0.4, -0.2) is 23.9 Å². The maximum Gasteiger partial charge on any atom is 0.330 e. The first kappa shape index (κ1) is 48.4. The number of hydrogen-bond donors (Lipinski definition) is 0. The topological polar surface area (TPSA) is 112 Å². The lowest BCUT2D eigenvalue weighted by Crippen LogP contribution is -2.11. The Morgan fingerprint density at radius 2 is 0.638 bits per heavy atom. The van der Waals surface area contributed by atoms with Gasteiger partial charge in [0, 0.05) is 68.2 Å². The van der Waals surface area contributed by atoms with Gasteiger partial charge in [0.1, 0.15) is 26.4 Å².